The number of nitrogens with zero attached hydrogens (tertiary/aromatic N) is 2. The van der Waals surface area contributed by atoms with Crippen molar-refractivity contribution in [2.75, 3.05) is 16.8 Å². The Kier molecular flexibility index (Phi) is 3.42. The third-order valence-corrected chi connectivity index (χ3v) is 3.14. The highest BCUT2D eigenvalue weighted by Crippen LogP contribution is 2.30. The van der Waals surface area contributed by atoms with Gasteiger partial charge in [0.25, 0.3) is 5.69 Å². The van der Waals surface area contributed by atoms with Gasteiger partial charge < -0.3 is 4.90 Å². The normalized spacial score (nSPS) is 14.6. The van der Waals surface area contributed by atoms with Crippen molar-refractivity contribution in [3.8, 4) is 0 Å². The summed E-state index contributed by atoms with van der Waals surface area (Å²) in [5.74, 6) is 0.0748. The minimum atomic E-state index is -0.411. The van der Waals surface area contributed by atoms with Crippen molar-refractivity contribution < 1.29 is 9.72 Å². The van der Waals surface area contributed by atoms with Crippen molar-refractivity contribution >= 4 is 33.2 Å². The fourth-order valence-electron chi connectivity index (χ4n) is 1.99. The van der Waals surface area contributed by atoms with E-state index in [2.05, 4.69) is 15.9 Å². The van der Waals surface area contributed by atoms with Crippen LogP contribution < -0.4 is 4.90 Å². The lowest BCUT2D eigenvalue weighted by Crippen LogP contribution is -2.36. The van der Waals surface area contributed by atoms with Gasteiger partial charge in [-0.2, -0.15) is 0 Å². The molecule has 0 N–H and O–H groups in total. The summed E-state index contributed by atoms with van der Waals surface area (Å²) < 4.78 is 0. The predicted molar refractivity (Wildman–Crippen MR) is 67.6 cm³/mol. The fourth-order valence-corrected chi connectivity index (χ4v) is 2.34. The molecule has 5 nitrogen and oxygen atoms in total. The van der Waals surface area contributed by atoms with Gasteiger partial charge >= 0.3 is 0 Å². The van der Waals surface area contributed by atoms with Gasteiger partial charge in [-0.3, -0.25) is 14.9 Å². The Morgan fingerprint density at radius 3 is 2.82 bits per heavy atom. The van der Waals surface area contributed by atoms with Gasteiger partial charge in [-0.1, -0.05) is 15.9 Å². The topological polar surface area (TPSA) is 63.4 Å². The highest BCUT2D eigenvalue weighted by Gasteiger charge is 2.25. The molecule has 1 heterocycles. The molecule has 0 saturated heterocycles. The van der Waals surface area contributed by atoms with Crippen LogP contribution in [0.2, 0.25) is 0 Å². The number of nitro benzene ring substituents is 1. The maximum absolute atomic E-state index is 11.7. The predicted octanol–water partition coefficient (Wildman–Crippen LogP) is 2.27. The number of benzene rings is 1. The van der Waals surface area contributed by atoms with Gasteiger partial charge in [-0.05, 0) is 18.1 Å². The standard InChI is InChI=1S/C11H11BrN2O3/c12-5-6-13-10-3-2-9(14(16)17)7-8(10)1-4-11(13)15/h2-3,7H,1,4-6H2. The molecule has 17 heavy (non-hydrogen) atoms. The van der Waals surface area contributed by atoms with Gasteiger partial charge in [-0.25, -0.2) is 0 Å². The molecule has 0 bridgehead atoms. The van der Waals surface area contributed by atoms with Crippen LogP contribution >= 0.6 is 15.9 Å². The molecular formula is C11H11BrN2O3. The van der Waals surface area contributed by atoms with Crippen LogP contribution in [-0.2, 0) is 11.2 Å². The van der Waals surface area contributed by atoms with Crippen LogP contribution in [0.5, 0.6) is 0 Å². The van der Waals surface area contributed by atoms with E-state index in [1.165, 1.54) is 6.07 Å². The van der Waals surface area contributed by atoms with E-state index in [1.54, 1.807) is 17.0 Å². The highest BCUT2D eigenvalue weighted by atomic mass is 79.9. The molecule has 0 aliphatic carbocycles. The minimum Gasteiger partial charge on any atom is -0.311 e. The van der Waals surface area contributed by atoms with E-state index in [1.807, 2.05) is 0 Å². The number of hydrogen-bond donors (Lipinski definition) is 0. The van der Waals surface area contributed by atoms with E-state index in [0.29, 0.717) is 24.7 Å². The number of alkyl halides is 1. The van der Waals surface area contributed by atoms with Gasteiger partial charge in [0, 0.05) is 36.1 Å². The molecule has 0 fully saturated rings. The maximum Gasteiger partial charge on any atom is 0.269 e. The second kappa shape index (κ2) is 4.83. The molecule has 0 atom stereocenters. The van der Waals surface area contributed by atoms with Gasteiger partial charge in [-0.15, -0.1) is 0 Å². The molecular weight excluding hydrogens is 288 g/mol. The number of carbonyl (C=O) groups is 1. The number of carbonyl (C=O) groups excluding carboxylic acids is 1. The molecule has 1 aliphatic heterocycles. The third-order valence-electron chi connectivity index (χ3n) is 2.78. The van der Waals surface area contributed by atoms with Crippen LogP contribution in [0.25, 0.3) is 0 Å². The van der Waals surface area contributed by atoms with Crippen molar-refractivity contribution in [2.45, 2.75) is 12.8 Å². The molecule has 0 radical (unpaired) electrons. The minimum absolute atomic E-state index is 0.0748. The number of fused-ring (bicyclic) bond motifs is 1. The zero-order valence-corrected chi connectivity index (χ0v) is 10.6. The average molecular weight is 299 g/mol. The fraction of sp³-hybridized carbons (Fsp3) is 0.364. The smallest absolute Gasteiger partial charge is 0.269 e. The quantitative estimate of drug-likeness (QED) is 0.488. The molecule has 1 amide bonds. The van der Waals surface area contributed by atoms with Gasteiger partial charge in [0.1, 0.15) is 0 Å². The van der Waals surface area contributed by atoms with Crippen LogP contribution in [0.3, 0.4) is 0 Å². The number of nitro groups is 1. The molecule has 1 aromatic carbocycles. The zero-order chi connectivity index (χ0) is 12.4. The van der Waals surface area contributed by atoms with E-state index in [-0.39, 0.29) is 11.6 Å². The summed E-state index contributed by atoms with van der Waals surface area (Å²) in [6.45, 7) is 0.587. The zero-order valence-electron chi connectivity index (χ0n) is 9.06. The Hall–Kier alpha value is -1.43. The number of amides is 1. The summed E-state index contributed by atoms with van der Waals surface area (Å²) in [6, 6.07) is 4.66. The Labute approximate surface area is 107 Å². The first-order chi connectivity index (χ1) is 8.13. The number of aryl methyl sites for hydroxylation is 1. The van der Waals surface area contributed by atoms with Crippen molar-refractivity contribution in [3.63, 3.8) is 0 Å². The lowest BCUT2D eigenvalue weighted by Gasteiger charge is -2.28. The summed E-state index contributed by atoms with van der Waals surface area (Å²) in [6.07, 6.45) is 0.996. The van der Waals surface area contributed by atoms with E-state index in [4.69, 9.17) is 0 Å². The number of non-ortho nitro benzene ring substituents is 1. The first kappa shape index (κ1) is 12.0. The summed E-state index contributed by atoms with van der Waals surface area (Å²) in [5.41, 5.74) is 1.75. The Morgan fingerprint density at radius 1 is 1.41 bits per heavy atom. The Balaban J connectivity index is 2.40. The Bertz CT molecular complexity index is 476. The average Bonchev–Trinajstić information content (AvgIpc) is 2.32. The van der Waals surface area contributed by atoms with Crippen LogP contribution in [0.1, 0.15) is 12.0 Å². The number of halogens is 1. The molecule has 0 saturated carbocycles. The SMILES string of the molecule is O=C1CCc2cc([N+](=O)[O-])ccc2N1CCBr. The first-order valence-electron chi connectivity index (χ1n) is 5.27. The van der Waals surface area contributed by atoms with Crippen molar-refractivity contribution in [3.05, 3.63) is 33.9 Å². The highest BCUT2D eigenvalue weighted by molar-refractivity contribution is 9.09. The lowest BCUT2D eigenvalue weighted by atomic mass is 10.0. The number of anilines is 1. The van der Waals surface area contributed by atoms with Crippen LogP contribution in [-0.4, -0.2) is 22.7 Å². The van der Waals surface area contributed by atoms with E-state index >= 15 is 0 Å². The van der Waals surface area contributed by atoms with Crippen LogP contribution in [0, 0.1) is 10.1 Å². The number of hydrogen-bond acceptors (Lipinski definition) is 3. The Morgan fingerprint density at radius 2 is 2.18 bits per heavy atom. The summed E-state index contributed by atoms with van der Waals surface area (Å²) in [4.78, 5) is 23.7. The van der Waals surface area contributed by atoms with Gasteiger partial charge in [0.15, 0.2) is 0 Å². The van der Waals surface area contributed by atoms with Crippen LogP contribution in [0.4, 0.5) is 11.4 Å². The summed E-state index contributed by atoms with van der Waals surface area (Å²) in [7, 11) is 0. The molecule has 0 unspecified atom stereocenters. The van der Waals surface area contributed by atoms with Gasteiger partial charge in [0.05, 0.1) is 4.92 Å². The largest absolute Gasteiger partial charge is 0.311 e. The third kappa shape index (κ3) is 2.31. The van der Waals surface area contributed by atoms with Crippen molar-refractivity contribution in [2.24, 2.45) is 0 Å². The molecule has 1 aromatic rings. The summed E-state index contributed by atoms with van der Waals surface area (Å²) >= 11 is 3.30. The van der Waals surface area contributed by atoms with E-state index in [0.717, 1.165) is 11.3 Å². The lowest BCUT2D eigenvalue weighted by molar-refractivity contribution is -0.384. The van der Waals surface area contributed by atoms with E-state index in [9.17, 15) is 14.9 Å². The molecule has 2 rings (SSSR count). The second-order valence-electron chi connectivity index (χ2n) is 3.80. The summed E-state index contributed by atoms with van der Waals surface area (Å²) in [5, 5.41) is 11.4. The monoisotopic (exact) mass is 298 g/mol. The maximum atomic E-state index is 11.7. The second-order valence-corrected chi connectivity index (χ2v) is 4.60. The number of rotatable bonds is 3. The molecule has 6 heteroatoms. The van der Waals surface area contributed by atoms with E-state index < -0.39 is 4.92 Å². The molecule has 90 valence electrons. The van der Waals surface area contributed by atoms with Crippen LogP contribution in [0.15, 0.2) is 18.2 Å². The molecule has 0 aromatic heterocycles. The van der Waals surface area contributed by atoms with Crippen molar-refractivity contribution in [1.82, 2.24) is 0 Å². The first-order valence-corrected chi connectivity index (χ1v) is 6.39. The van der Waals surface area contributed by atoms with Gasteiger partial charge in [0.2, 0.25) is 5.91 Å². The molecule has 1 aliphatic rings. The molecule has 0 spiro atoms. The van der Waals surface area contributed by atoms with Crippen molar-refractivity contribution in [1.29, 1.82) is 0 Å².